The van der Waals surface area contributed by atoms with Gasteiger partial charge in [-0.05, 0) is 24.1 Å². The number of amides is 1. The predicted molar refractivity (Wildman–Crippen MR) is 62.2 cm³/mol. The Morgan fingerprint density at radius 1 is 1.38 bits per heavy atom. The molecule has 1 saturated heterocycles. The molecule has 1 unspecified atom stereocenters. The molecule has 4 heteroatoms. The van der Waals surface area contributed by atoms with Crippen molar-refractivity contribution in [1.82, 2.24) is 4.90 Å². The van der Waals surface area contributed by atoms with Gasteiger partial charge < -0.3 is 10.0 Å². The first-order valence-corrected chi connectivity index (χ1v) is 5.72. The molecule has 0 aliphatic carbocycles. The van der Waals surface area contributed by atoms with Crippen LogP contribution in [0.15, 0.2) is 24.3 Å². The van der Waals surface area contributed by atoms with Crippen LogP contribution in [0.5, 0.6) is 0 Å². The molecule has 0 radical (unpaired) electrons. The summed E-state index contributed by atoms with van der Waals surface area (Å²) in [6, 6.07) is 7.68. The van der Waals surface area contributed by atoms with Crippen molar-refractivity contribution in [2.24, 2.45) is 0 Å². The molecule has 3 nitrogen and oxygen atoms in total. The lowest BCUT2D eigenvalue weighted by atomic mass is 9.90. The molecule has 1 heterocycles. The highest BCUT2D eigenvalue weighted by Crippen LogP contribution is 2.27. The van der Waals surface area contributed by atoms with Crippen LogP contribution in [0.25, 0.3) is 0 Å². The van der Waals surface area contributed by atoms with Crippen molar-refractivity contribution < 1.29 is 9.90 Å². The number of rotatable bonds is 2. The van der Waals surface area contributed by atoms with Crippen LogP contribution in [0.1, 0.15) is 24.3 Å². The second kappa shape index (κ2) is 4.85. The summed E-state index contributed by atoms with van der Waals surface area (Å²) in [5, 5.41) is 9.77. The molecule has 16 heavy (non-hydrogen) atoms. The highest BCUT2D eigenvalue weighted by Gasteiger charge is 2.25. The molecule has 1 aromatic rings. The fraction of sp³-hybridized carbons (Fsp3) is 0.417. The molecule has 0 saturated carbocycles. The van der Waals surface area contributed by atoms with Gasteiger partial charge in [0.1, 0.15) is 6.73 Å². The van der Waals surface area contributed by atoms with E-state index < -0.39 is 0 Å². The largest absolute Gasteiger partial charge is 0.376 e. The first-order valence-electron chi connectivity index (χ1n) is 5.35. The molecule has 86 valence electrons. The number of aliphatic hydroxyl groups is 1. The van der Waals surface area contributed by atoms with Crippen LogP contribution in [0.3, 0.4) is 0 Å². The summed E-state index contributed by atoms with van der Waals surface area (Å²) in [6.45, 7) is 0.403. The van der Waals surface area contributed by atoms with E-state index in [4.69, 9.17) is 16.7 Å². The summed E-state index contributed by atoms with van der Waals surface area (Å²) < 4.78 is 0. The molecule has 2 rings (SSSR count). The zero-order valence-corrected chi connectivity index (χ0v) is 9.65. The third-order valence-electron chi connectivity index (χ3n) is 3.01. The molecule has 1 N–H and O–H groups in total. The quantitative estimate of drug-likeness (QED) is 0.858. The number of hydrogen-bond acceptors (Lipinski definition) is 2. The Morgan fingerprint density at radius 3 is 2.69 bits per heavy atom. The second-order valence-corrected chi connectivity index (χ2v) is 4.48. The van der Waals surface area contributed by atoms with Gasteiger partial charge >= 0.3 is 0 Å². The molecule has 1 fully saturated rings. The molecule has 0 spiro atoms. The predicted octanol–water partition coefficient (Wildman–Crippen LogP) is 2.00. The van der Waals surface area contributed by atoms with Crippen LogP contribution in [-0.2, 0) is 4.79 Å². The minimum absolute atomic E-state index is 0.0349. The number of carbonyl (C=O) groups is 1. The number of hydrogen-bond donors (Lipinski definition) is 1. The van der Waals surface area contributed by atoms with E-state index in [1.54, 1.807) is 0 Å². The normalized spacial score (nSPS) is 21.2. The van der Waals surface area contributed by atoms with Crippen molar-refractivity contribution in [1.29, 1.82) is 0 Å². The standard InChI is InChI=1S/C12H14ClNO2/c13-11-4-1-9(2-5-11)10-3-6-12(16)14(7-10)8-15/h1-2,4-5,10,15H,3,6-8H2. The first kappa shape index (κ1) is 11.4. The van der Waals surface area contributed by atoms with Crippen LogP contribution in [-0.4, -0.2) is 29.2 Å². The number of aliphatic hydroxyl groups excluding tert-OH is 1. The summed E-state index contributed by atoms with van der Waals surface area (Å²) in [6.07, 6.45) is 1.35. The van der Waals surface area contributed by atoms with E-state index in [1.165, 1.54) is 10.5 Å². The van der Waals surface area contributed by atoms with E-state index in [1.807, 2.05) is 24.3 Å². The fourth-order valence-electron chi connectivity index (χ4n) is 2.06. The maximum absolute atomic E-state index is 11.4. The Hall–Kier alpha value is -1.06. The third-order valence-corrected chi connectivity index (χ3v) is 3.26. The molecule has 0 aromatic heterocycles. The van der Waals surface area contributed by atoms with Gasteiger partial charge in [-0.2, -0.15) is 0 Å². The lowest BCUT2D eigenvalue weighted by Gasteiger charge is -2.31. The number of carbonyl (C=O) groups excluding carboxylic acids is 1. The highest BCUT2D eigenvalue weighted by atomic mass is 35.5. The number of nitrogens with zero attached hydrogens (tertiary/aromatic N) is 1. The van der Waals surface area contributed by atoms with E-state index in [0.29, 0.717) is 18.9 Å². The molecule has 1 amide bonds. The van der Waals surface area contributed by atoms with Gasteiger partial charge in [0.25, 0.3) is 0 Å². The molecule has 1 aromatic carbocycles. The number of piperidine rings is 1. The highest BCUT2D eigenvalue weighted by molar-refractivity contribution is 6.30. The Balaban J connectivity index is 2.11. The smallest absolute Gasteiger partial charge is 0.224 e. The van der Waals surface area contributed by atoms with E-state index in [0.717, 1.165) is 11.4 Å². The lowest BCUT2D eigenvalue weighted by molar-refractivity contribution is -0.137. The van der Waals surface area contributed by atoms with E-state index in [9.17, 15) is 4.79 Å². The fourth-order valence-corrected chi connectivity index (χ4v) is 2.18. The van der Waals surface area contributed by atoms with Crippen LogP contribution >= 0.6 is 11.6 Å². The van der Waals surface area contributed by atoms with Crippen molar-refractivity contribution in [3.05, 3.63) is 34.9 Å². The second-order valence-electron chi connectivity index (χ2n) is 4.04. The van der Waals surface area contributed by atoms with Crippen LogP contribution < -0.4 is 0 Å². The van der Waals surface area contributed by atoms with Gasteiger partial charge in [-0.25, -0.2) is 0 Å². The first-order chi connectivity index (χ1) is 7.70. The van der Waals surface area contributed by atoms with Crippen molar-refractivity contribution in [3.63, 3.8) is 0 Å². The molecule has 1 atom stereocenters. The zero-order chi connectivity index (χ0) is 11.5. The van der Waals surface area contributed by atoms with Gasteiger partial charge in [-0.3, -0.25) is 4.79 Å². The van der Waals surface area contributed by atoms with E-state index in [2.05, 4.69) is 0 Å². The third kappa shape index (κ3) is 2.36. The van der Waals surface area contributed by atoms with E-state index in [-0.39, 0.29) is 12.6 Å². The molecular weight excluding hydrogens is 226 g/mol. The van der Waals surface area contributed by atoms with Crippen molar-refractivity contribution >= 4 is 17.5 Å². The average molecular weight is 240 g/mol. The van der Waals surface area contributed by atoms with Crippen molar-refractivity contribution in [2.45, 2.75) is 18.8 Å². The average Bonchev–Trinajstić information content (AvgIpc) is 2.31. The zero-order valence-electron chi connectivity index (χ0n) is 8.90. The molecule has 1 aliphatic rings. The molecule has 0 bridgehead atoms. The maximum Gasteiger partial charge on any atom is 0.224 e. The van der Waals surface area contributed by atoms with Crippen LogP contribution in [0.2, 0.25) is 5.02 Å². The van der Waals surface area contributed by atoms with Crippen molar-refractivity contribution in [2.75, 3.05) is 13.3 Å². The maximum atomic E-state index is 11.4. The molecular formula is C12H14ClNO2. The summed E-state index contributed by atoms with van der Waals surface area (Å²) in [5.74, 6) is 0.342. The number of benzene rings is 1. The Kier molecular flexibility index (Phi) is 3.46. The van der Waals surface area contributed by atoms with Gasteiger partial charge in [0.05, 0.1) is 0 Å². The lowest BCUT2D eigenvalue weighted by Crippen LogP contribution is -2.39. The topological polar surface area (TPSA) is 40.5 Å². The van der Waals surface area contributed by atoms with Gasteiger partial charge in [-0.1, -0.05) is 23.7 Å². The summed E-state index contributed by atoms with van der Waals surface area (Å²) in [4.78, 5) is 12.9. The van der Waals surface area contributed by atoms with Crippen LogP contribution in [0.4, 0.5) is 0 Å². The Morgan fingerprint density at radius 2 is 2.06 bits per heavy atom. The van der Waals surface area contributed by atoms with Gasteiger partial charge in [0.15, 0.2) is 0 Å². The summed E-state index contributed by atoms with van der Waals surface area (Å²) in [5.41, 5.74) is 1.18. The monoisotopic (exact) mass is 239 g/mol. The van der Waals surface area contributed by atoms with Crippen LogP contribution in [0, 0.1) is 0 Å². The minimum atomic E-state index is -0.192. The summed E-state index contributed by atoms with van der Waals surface area (Å²) >= 11 is 5.83. The SMILES string of the molecule is O=C1CCC(c2ccc(Cl)cc2)CN1CO. The number of likely N-dealkylation sites (tertiary alicyclic amines) is 1. The Bertz CT molecular complexity index is 377. The van der Waals surface area contributed by atoms with Gasteiger partial charge in [0.2, 0.25) is 5.91 Å². The van der Waals surface area contributed by atoms with E-state index >= 15 is 0 Å². The summed E-state index contributed by atoms with van der Waals surface area (Å²) in [7, 11) is 0. The number of halogens is 1. The van der Waals surface area contributed by atoms with Crippen molar-refractivity contribution in [3.8, 4) is 0 Å². The molecule has 1 aliphatic heterocycles. The minimum Gasteiger partial charge on any atom is -0.376 e. The van der Waals surface area contributed by atoms with Gasteiger partial charge in [-0.15, -0.1) is 0 Å². The Labute approximate surface area is 99.6 Å². The van der Waals surface area contributed by atoms with Gasteiger partial charge in [0, 0.05) is 23.9 Å².